The third-order valence-corrected chi connectivity index (χ3v) is 4.70. The molecule has 0 amide bonds. The Morgan fingerprint density at radius 3 is 3.00 bits per heavy atom. The minimum absolute atomic E-state index is 0.0402. The van der Waals surface area contributed by atoms with Crippen LogP contribution in [0.4, 0.5) is 0 Å². The van der Waals surface area contributed by atoms with Crippen molar-refractivity contribution >= 4 is 11.6 Å². The van der Waals surface area contributed by atoms with E-state index in [1.807, 2.05) is 17.9 Å². The highest BCUT2D eigenvalue weighted by Gasteiger charge is 2.33. The van der Waals surface area contributed by atoms with Crippen molar-refractivity contribution in [2.45, 2.75) is 44.7 Å². The number of methoxy groups -OCH3 is 1. The summed E-state index contributed by atoms with van der Waals surface area (Å²) >= 11 is 5.89. The number of ether oxygens (including phenoxy) is 1. The number of nitrogens with one attached hydrogen (secondary N) is 1. The highest BCUT2D eigenvalue weighted by molar-refractivity contribution is 6.30. The van der Waals surface area contributed by atoms with Gasteiger partial charge in [0.05, 0.1) is 29.6 Å². The number of rotatable bonds is 7. The first-order valence-corrected chi connectivity index (χ1v) is 8.40. The van der Waals surface area contributed by atoms with Gasteiger partial charge in [-0.15, -0.1) is 5.10 Å². The van der Waals surface area contributed by atoms with Gasteiger partial charge in [0.25, 0.3) is 0 Å². The molecule has 1 aliphatic rings. The van der Waals surface area contributed by atoms with Crippen LogP contribution in [-0.4, -0.2) is 49.1 Å². The molecule has 24 heavy (non-hydrogen) atoms. The Morgan fingerprint density at radius 2 is 2.29 bits per heavy atom. The van der Waals surface area contributed by atoms with Crippen LogP contribution in [-0.2, 0) is 31.5 Å². The van der Waals surface area contributed by atoms with Gasteiger partial charge in [0.1, 0.15) is 5.69 Å². The summed E-state index contributed by atoms with van der Waals surface area (Å²) in [5.41, 5.74) is 1.80. The molecule has 1 saturated carbocycles. The molecule has 2 aromatic rings. The summed E-state index contributed by atoms with van der Waals surface area (Å²) in [6.07, 6.45) is 4.71. The normalized spacial score (nSPS) is 23.9. The first-order valence-electron chi connectivity index (χ1n) is 8.02. The number of nitrogens with zero attached hydrogens (tertiary/aromatic N) is 5. The van der Waals surface area contributed by atoms with Gasteiger partial charge in [-0.05, 0) is 18.8 Å². The van der Waals surface area contributed by atoms with Crippen LogP contribution in [0, 0.1) is 5.92 Å². The molecule has 3 rings (SSSR count). The fourth-order valence-electron chi connectivity index (χ4n) is 3.29. The number of hydrogen-bond acceptors (Lipinski definition) is 6. The Kier molecular flexibility index (Phi) is 5.50. The van der Waals surface area contributed by atoms with Crippen molar-refractivity contribution in [1.29, 1.82) is 0 Å². The van der Waals surface area contributed by atoms with Gasteiger partial charge in [0.2, 0.25) is 0 Å². The summed E-state index contributed by atoms with van der Waals surface area (Å²) in [4.78, 5) is 0. The van der Waals surface area contributed by atoms with Crippen molar-refractivity contribution < 1.29 is 9.84 Å². The van der Waals surface area contributed by atoms with Gasteiger partial charge in [-0.25, -0.2) is 4.68 Å². The summed E-state index contributed by atoms with van der Waals surface area (Å²) in [7, 11) is 3.50. The van der Waals surface area contributed by atoms with Gasteiger partial charge in [0.15, 0.2) is 0 Å². The van der Waals surface area contributed by atoms with Crippen molar-refractivity contribution in [3.8, 4) is 0 Å². The van der Waals surface area contributed by atoms with E-state index in [1.54, 1.807) is 18.0 Å². The molecule has 132 valence electrons. The summed E-state index contributed by atoms with van der Waals surface area (Å²) in [6.45, 7) is 1.80. The van der Waals surface area contributed by atoms with E-state index in [-0.39, 0.29) is 12.1 Å². The zero-order valence-electron chi connectivity index (χ0n) is 13.9. The number of hydrogen-bond donors (Lipinski definition) is 2. The van der Waals surface area contributed by atoms with Crippen LogP contribution in [0.15, 0.2) is 12.4 Å². The van der Waals surface area contributed by atoms with Crippen LogP contribution in [0.1, 0.15) is 24.2 Å². The molecule has 1 fully saturated rings. The molecule has 8 nitrogen and oxygen atoms in total. The molecule has 1 aliphatic carbocycles. The molecule has 0 bridgehead atoms. The van der Waals surface area contributed by atoms with E-state index in [4.69, 9.17) is 16.3 Å². The Bertz CT molecular complexity index is 673. The molecule has 3 atom stereocenters. The fraction of sp³-hybridized carbons (Fsp3) is 0.667. The van der Waals surface area contributed by atoms with Crippen LogP contribution >= 0.6 is 11.6 Å². The average Bonchev–Trinajstić information content (AvgIpc) is 3.20. The Hall–Kier alpha value is -1.48. The van der Waals surface area contributed by atoms with E-state index in [0.29, 0.717) is 24.1 Å². The summed E-state index contributed by atoms with van der Waals surface area (Å²) in [5, 5.41) is 26.8. The van der Waals surface area contributed by atoms with Crippen LogP contribution in [0.25, 0.3) is 0 Å². The molecular weight excluding hydrogens is 332 g/mol. The van der Waals surface area contributed by atoms with E-state index >= 15 is 0 Å². The van der Waals surface area contributed by atoms with Gasteiger partial charge >= 0.3 is 0 Å². The van der Waals surface area contributed by atoms with Gasteiger partial charge in [-0.3, -0.25) is 4.68 Å². The van der Waals surface area contributed by atoms with Gasteiger partial charge in [0, 0.05) is 39.5 Å². The molecule has 0 aromatic carbocycles. The topological polar surface area (TPSA) is 90.0 Å². The fourth-order valence-corrected chi connectivity index (χ4v) is 3.44. The smallest absolute Gasteiger partial charge is 0.102 e. The standard InChI is InChI=1S/C15H23ClN6O2/c1-21-14(9-24-2)13(19-20-21)6-17-12-3-10(4-15(12)23)7-22-8-11(16)5-18-22/h5,8,10,12,15,17,23H,3-4,6-7,9H2,1-2H3/t10?,12-,15-/m1/s1. The quantitative estimate of drug-likeness (QED) is 0.762. The van der Waals surface area contributed by atoms with Crippen LogP contribution in [0.3, 0.4) is 0 Å². The van der Waals surface area contributed by atoms with Crippen molar-refractivity contribution in [1.82, 2.24) is 30.1 Å². The van der Waals surface area contributed by atoms with E-state index < -0.39 is 0 Å². The largest absolute Gasteiger partial charge is 0.391 e. The second-order valence-corrected chi connectivity index (χ2v) is 6.75. The predicted octanol–water partition coefficient (Wildman–Crippen LogP) is 0.741. The molecule has 0 saturated heterocycles. The van der Waals surface area contributed by atoms with Crippen LogP contribution in [0.5, 0.6) is 0 Å². The SMILES string of the molecule is COCc1c(CN[C@@H]2CC(Cn3cc(Cl)cn3)C[C@H]2O)nnn1C. The molecule has 0 radical (unpaired) electrons. The number of aliphatic hydroxyl groups excluding tert-OH is 1. The predicted molar refractivity (Wildman–Crippen MR) is 88.3 cm³/mol. The lowest BCUT2D eigenvalue weighted by atomic mass is 10.1. The monoisotopic (exact) mass is 354 g/mol. The zero-order valence-corrected chi connectivity index (χ0v) is 14.6. The molecule has 0 spiro atoms. The minimum atomic E-state index is -0.372. The first-order chi connectivity index (χ1) is 11.6. The Morgan fingerprint density at radius 1 is 1.46 bits per heavy atom. The molecule has 2 N–H and O–H groups in total. The third-order valence-electron chi connectivity index (χ3n) is 4.51. The van der Waals surface area contributed by atoms with Gasteiger partial charge in [-0.2, -0.15) is 5.10 Å². The van der Waals surface area contributed by atoms with Gasteiger partial charge in [-0.1, -0.05) is 16.8 Å². The van der Waals surface area contributed by atoms with Crippen LogP contribution < -0.4 is 5.32 Å². The van der Waals surface area contributed by atoms with Crippen molar-refractivity contribution in [2.24, 2.45) is 13.0 Å². The maximum absolute atomic E-state index is 10.3. The minimum Gasteiger partial charge on any atom is -0.391 e. The van der Waals surface area contributed by atoms with Crippen molar-refractivity contribution in [3.05, 3.63) is 28.8 Å². The second kappa shape index (κ2) is 7.60. The number of aromatic nitrogens is 5. The molecule has 1 unspecified atom stereocenters. The average molecular weight is 355 g/mol. The van der Waals surface area contributed by atoms with Crippen molar-refractivity contribution in [2.75, 3.05) is 7.11 Å². The third kappa shape index (κ3) is 3.94. The van der Waals surface area contributed by atoms with Crippen LogP contribution in [0.2, 0.25) is 5.02 Å². The van der Waals surface area contributed by atoms with E-state index in [0.717, 1.165) is 30.8 Å². The van der Waals surface area contributed by atoms with Gasteiger partial charge < -0.3 is 15.2 Å². The maximum atomic E-state index is 10.3. The summed E-state index contributed by atoms with van der Waals surface area (Å²) in [5.74, 6) is 0.369. The Balaban J connectivity index is 1.54. The molecule has 2 heterocycles. The van der Waals surface area contributed by atoms with E-state index in [1.165, 1.54) is 0 Å². The lowest BCUT2D eigenvalue weighted by Gasteiger charge is -2.16. The first kappa shape index (κ1) is 17.3. The molecule has 9 heteroatoms. The summed E-state index contributed by atoms with van der Waals surface area (Å²) < 4.78 is 8.74. The number of aliphatic hydroxyl groups is 1. The zero-order chi connectivity index (χ0) is 17.1. The summed E-state index contributed by atoms with van der Waals surface area (Å²) in [6, 6.07) is 0.0402. The number of halogens is 1. The Labute approximate surface area is 145 Å². The molecule has 2 aromatic heterocycles. The molecule has 0 aliphatic heterocycles. The maximum Gasteiger partial charge on any atom is 0.102 e. The molecular formula is C15H23ClN6O2. The second-order valence-electron chi connectivity index (χ2n) is 6.31. The highest BCUT2D eigenvalue weighted by atomic mass is 35.5. The highest BCUT2D eigenvalue weighted by Crippen LogP contribution is 2.28. The number of aryl methyl sites for hydroxylation is 1. The lowest BCUT2D eigenvalue weighted by molar-refractivity contribution is 0.144. The van der Waals surface area contributed by atoms with E-state index in [2.05, 4.69) is 20.7 Å². The lowest BCUT2D eigenvalue weighted by Crippen LogP contribution is -2.35. The van der Waals surface area contributed by atoms with Crippen molar-refractivity contribution in [3.63, 3.8) is 0 Å². The van der Waals surface area contributed by atoms with E-state index in [9.17, 15) is 5.11 Å².